The van der Waals surface area contributed by atoms with Gasteiger partial charge in [0.15, 0.2) is 0 Å². The molecule has 1 aliphatic carbocycles. The highest BCUT2D eigenvalue weighted by molar-refractivity contribution is 5.86. The van der Waals surface area contributed by atoms with Crippen LogP contribution in [-0.2, 0) is 27.1 Å². The Morgan fingerprint density at radius 2 is 0.667 bits per heavy atom. The number of benzene rings is 6. The molecule has 7 rings (SSSR count). The normalized spacial score (nSPS) is 13.9. The van der Waals surface area contributed by atoms with Crippen LogP contribution in [0.3, 0.4) is 0 Å². The van der Waals surface area contributed by atoms with Gasteiger partial charge < -0.3 is 20.9 Å². The molecule has 1 aliphatic rings. The predicted molar refractivity (Wildman–Crippen MR) is 240 cm³/mol. The van der Waals surface area contributed by atoms with Crippen LogP contribution in [0, 0.1) is 0 Å². The molecule has 4 nitrogen and oxygen atoms in total. The van der Waals surface area contributed by atoms with Gasteiger partial charge in [0.05, 0.1) is 5.41 Å². The van der Waals surface area contributed by atoms with Crippen molar-refractivity contribution in [3.05, 3.63) is 166 Å². The van der Waals surface area contributed by atoms with Crippen LogP contribution in [0.4, 0.5) is 11.4 Å². The summed E-state index contributed by atoms with van der Waals surface area (Å²) in [4.78, 5) is 0. The molecule has 6 aromatic rings. The Kier molecular flexibility index (Phi) is 9.67. The third-order valence-corrected chi connectivity index (χ3v) is 11.5. The molecule has 0 unspecified atom stereocenters. The van der Waals surface area contributed by atoms with Crippen molar-refractivity contribution in [2.75, 3.05) is 11.5 Å². The molecule has 0 amide bonds. The molecule has 0 radical (unpaired) electrons. The molecule has 0 atom stereocenters. The van der Waals surface area contributed by atoms with Crippen molar-refractivity contribution in [3.8, 4) is 34.1 Å². The Hall–Kier alpha value is -5.48. The summed E-state index contributed by atoms with van der Waals surface area (Å²) < 4.78 is 13.9. The number of nitrogen functional groups attached to an aromatic ring is 2. The zero-order valence-electron chi connectivity index (χ0n) is 36.0. The molecule has 0 saturated carbocycles. The van der Waals surface area contributed by atoms with Gasteiger partial charge >= 0.3 is 0 Å². The fourth-order valence-electron chi connectivity index (χ4n) is 8.58. The van der Waals surface area contributed by atoms with Gasteiger partial charge in [-0.25, -0.2) is 0 Å². The molecule has 0 spiro atoms. The Morgan fingerprint density at radius 3 is 1.00 bits per heavy atom. The first-order valence-corrected chi connectivity index (χ1v) is 20.3. The van der Waals surface area contributed by atoms with Gasteiger partial charge in [0.25, 0.3) is 0 Å². The number of rotatable bonds is 6. The Balaban J connectivity index is 1.49. The zero-order valence-corrected chi connectivity index (χ0v) is 36.0. The summed E-state index contributed by atoms with van der Waals surface area (Å²) in [7, 11) is 0. The van der Waals surface area contributed by atoms with Gasteiger partial charge in [-0.3, -0.25) is 0 Å². The largest absolute Gasteiger partial charge is 0.457 e. The van der Waals surface area contributed by atoms with Crippen molar-refractivity contribution < 1.29 is 9.47 Å². The average Bonchev–Trinajstić information content (AvgIpc) is 3.43. The van der Waals surface area contributed by atoms with E-state index in [4.69, 9.17) is 20.9 Å². The summed E-state index contributed by atoms with van der Waals surface area (Å²) in [6, 6.07) is 43.5. The number of anilines is 2. The molecule has 6 aromatic carbocycles. The van der Waals surface area contributed by atoms with E-state index in [0.717, 1.165) is 56.6 Å². The Bertz CT molecular complexity index is 2310. The fourth-order valence-corrected chi connectivity index (χ4v) is 8.58. The molecule has 0 bridgehead atoms. The molecule has 57 heavy (non-hydrogen) atoms. The minimum atomic E-state index is -0.625. The average molecular weight is 757 g/mol. The van der Waals surface area contributed by atoms with Crippen molar-refractivity contribution >= 4 is 11.4 Å². The van der Waals surface area contributed by atoms with Gasteiger partial charge in [0, 0.05) is 33.6 Å². The van der Waals surface area contributed by atoms with Crippen molar-refractivity contribution in [1.29, 1.82) is 0 Å². The highest BCUT2D eigenvalue weighted by Crippen LogP contribution is 2.58. The van der Waals surface area contributed by atoms with Gasteiger partial charge in [0.2, 0.25) is 0 Å². The SMILES string of the molecule is CC(C)(C)c1cc(N)ccc1Oc1ccc(C2(c3ccc(Oc4ccc(N)cc4C(C)(C)C)c(C(C)(C)C)c3)c3ccccc3-c3ccccc32)cc1C(C)(C)C. The summed E-state index contributed by atoms with van der Waals surface area (Å²) in [5.74, 6) is 3.33. The number of nitrogens with two attached hydrogens (primary N) is 2. The fraction of sp³-hybridized carbons (Fsp3) is 0.321. The summed E-state index contributed by atoms with van der Waals surface area (Å²) >= 11 is 0. The van der Waals surface area contributed by atoms with Gasteiger partial charge in [-0.15, -0.1) is 0 Å². The lowest BCUT2D eigenvalue weighted by Crippen LogP contribution is -2.30. The van der Waals surface area contributed by atoms with Crippen molar-refractivity contribution in [3.63, 3.8) is 0 Å². The lowest BCUT2D eigenvalue weighted by Gasteiger charge is -2.37. The van der Waals surface area contributed by atoms with Crippen molar-refractivity contribution in [2.45, 2.75) is 110 Å². The number of ether oxygens (including phenoxy) is 2. The highest BCUT2D eigenvalue weighted by Gasteiger charge is 2.47. The molecule has 4 heteroatoms. The van der Waals surface area contributed by atoms with Gasteiger partial charge in [-0.05, 0) is 116 Å². The third kappa shape index (κ3) is 7.20. The van der Waals surface area contributed by atoms with E-state index >= 15 is 0 Å². The van der Waals surface area contributed by atoms with E-state index in [1.165, 1.54) is 33.4 Å². The van der Waals surface area contributed by atoms with Gasteiger partial charge in [0.1, 0.15) is 23.0 Å². The van der Waals surface area contributed by atoms with E-state index in [9.17, 15) is 0 Å². The van der Waals surface area contributed by atoms with Gasteiger partial charge in [-0.2, -0.15) is 0 Å². The van der Waals surface area contributed by atoms with Crippen LogP contribution in [0.25, 0.3) is 11.1 Å². The minimum absolute atomic E-state index is 0.156. The van der Waals surface area contributed by atoms with E-state index in [1.807, 2.05) is 36.4 Å². The predicted octanol–water partition coefficient (Wildman–Crippen LogP) is 14.0. The smallest absolute Gasteiger partial charge is 0.131 e. The van der Waals surface area contributed by atoms with Crippen LogP contribution < -0.4 is 20.9 Å². The standard InChI is InChI=1S/C53H60N2O2/c1-49(2,3)41-29-33(21-25-45(41)56-47-27-23-35(54)31-43(47)51(7,8)9)53(39-19-15-13-17-37(39)38-18-14-16-20-40(38)53)34-22-26-46(42(30-34)50(4,5)6)57-48-28-24-36(55)32-44(48)52(10,11)12/h13-32H,54-55H2,1-12H3. The maximum Gasteiger partial charge on any atom is 0.131 e. The van der Waals surface area contributed by atoms with E-state index in [2.05, 4.69) is 168 Å². The summed E-state index contributed by atoms with van der Waals surface area (Å²) in [5, 5.41) is 0. The first-order valence-electron chi connectivity index (χ1n) is 20.3. The van der Waals surface area contributed by atoms with Crippen molar-refractivity contribution in [1.82, 2.24) is 0 Å². The summed E-state index contributed by atoms with van der Waals surface area (Å²) in [5.41, 5.74) is 24.5. The molecule has 0 fully saturated rings. The van der Waals surface area contributed by atoms with E-state index in [-0.39, 0.29) is 21.7 Å². The quantitative estimate of drug-likeness (QED) is 0.166. The van der Waals surface area contributed by atoms with Crippen LogP contribution in [0.15, 0.2) is 121 Å². The first-order chi connectivity index (χ1) is 26.6. The number of hydrogen-bond acceptors (Lipinski definition) is 4. The second kappa shape index (κ2) is 13.9. The maximum absolute atomic E-state index is 6.94. The Morgan fingerprint density at radius 1 is 0.368 bits per heavy atom. The van der Waals surface area contributed by atoms with Crippen LogP contribution in [-0.4, -0.2) is 0 Å². The van der Waals surface area contributed by atoms with E-state index < -0.39 is 5.41 Å². The molecule has 0 saturated heterocycles. The first kappa shape index (κ1) is 39.7. The molecular weight excluding hydrogens is 697 g/mol. The zero-order chi connectivity index (χ0) is 41.3. The van der Waals surface area contributed by atoms with Crippen LogP contribution in [0.2, 0.25) is 0 Å². The molecular formula is C53H60N2O2. The second-order valence-electron chi connectivity index (χ2n) is 20.0. The molecule has 0 aliphatic heterocycles. The van der Waals surface area contributed by atoms with Crippen LogP contribution in [0.5, 0.6) is 23.0 Å². The van der Waals surface area contributed by atoms with E-state index in [0.29, 0.717) is 0 Å². The minimum Gasteiger partial charge on any atom is -0.457 e. The molecule has 0 heterocycles. The summed E-state index contributed by atoms with van der Waals surface area (Å²) in [6.07, 6.45) is 0. The number of fused-ring (bicyclic) bond motifs is 3. The monoisotopic (exact) mass is 756 g/mol. The molecule has 294 valence electrons. The lowest BCUT2D eigenvalue weighted by molar-refractivity contribution is 0.435. The molecule has 0 aromatic heterocycles. The van der Waals surface area contributed by atoms with Crippen LogP contribution >= 0.6 is 0 Å². The van der Waals surface area contributed by atoms with Crippen LogP contribution in [0.1, 0.15) is 128 Å². The van der Waals surface area contributed by atoms with Gasteiger partial charge in [-0.1, -0.05) is 144 Å². The van der Waals surface area contributed by atoms with Crippen molar-refractivity contribution in [2.24, 2.45) is 0 Å². The topological polar surface area (TPSA) is 70.5 Å². The van der Waals surface area contributed by atoms with E-state index in [1.54, 1.807) is 0 Å². The summed E-state index contributed by atoms with van der Waals surface area (Å²) in [6.45, 7) is 26.8. The third-order valence-electron chi connectivity index (χ3n) is 11.5. The lowest BCUT2D eigenvalue weighted by atomic mass is 9.66. The Labute approximate surface area is 341 Å². The number of hydrogen-bond donors (Lipinski definition) is 2. The maximum atomic E-state index is 6.94. The highest BCUT2D eigenvalue weighted by atomic mass is 16.5. The second-order valence-corrected chi connectivity index (χ2v) is 20.0. The molecule has 4 N–H and O–H groups in total.